The molecule has 1 unspecified atom stereocenters. The Kier molecular flexibility index (Phi) is 4.90. The summed E-state index contributed by atoms with van der Waals surface area (Å²) in [6.07, 6.45) is 2.07. The van der Waals surface area contributed by atoms with Gasteiger partial charge in [0.15, 0.2) is 0 Å². The molecule has 1 saturated heterocycles. The van der Waals surface area contributed by atoms with Crippen molar-refractivity contribution in [3.63, 3.8) is 0 Å². The molecule has 0 spiro atoms. The number of nitrogens with one attached hydrogen (secondary N) is 2. The maximum absolute atomic E-state index is 11.6. The quantitative estimate of drug-likeness (QED) is 0.678. The fourth-order valence-electron chi connectivity index (χ4n) is 1.64. The number of ether oxygens (including phenoxy) is 1. The van der Waals surface area contributed by atoms with E-state index in [1.807, 2.05) is 6.92 Å². The zero-order chi connectivity index (χ0) is 10.4. The summed E-state index contributed by atoms with van der Waals surface area (Å²) < 4.78 is 4.94. The van der Waals surface area contributed by atoms with Crippen molar-refractivity contribution in [2.45, 2.75) is 25.8 Å². The van der Waals surface area contributed by atoms with Gasteiger partial charge in [0.1, 0.15) is 0 Å². The summed E-state index contributed by atoms with van der Waals surface area (Å²) in [5, 5.41) is 6.31. The van der Waals surface area contributed by atoms with Crippen LogP contribution in [0.1, 0.15) is 19.8 Å². The van der Waals surface area contributed by atoms with Crippen LogP contribution in [-0.4, -0.2) is 38.8 Å². The highest BCUT2D eigenvalue weighted by molar-refractivity contribution is 5.78. The molecule has 1 heterocycles. The highest BCUT2D eigenvalue weighted by Crippen LogP contribution is 2.04. The molecule has 2 N–H and O–H groups in total. The van der Waals surface area contributed by atoms with Crippen LogP contribution in [0.25, 0.3) is 0 Å². The third-order valence-corrected chi connectivity index (χ3v) is 2.55. The molecule has 0 aromatic heterocycles. The molecule has 1 rings (SSSR count). The lowest BCUT2D eigenvalue weighted by Gasteiger charge is -2.25. The molecule has 14 heavy (non-hydrogen) atoms. The van der Waals surface area contributed by atoms with Crippen LogP contribution in [0.5, 0.6) is 0 Å². The Balaban J connectivity index is 2.24. The molecule has 0 saturated carbocycles. The van der Waals surface area contributed by atoms with Gasteiger partial charge in [0.25, 0.3) is 0 Å². The molecule has 0 bridgehead atoms. The van der Waals surface area contributed by atoms with E-state index in [0.29, 0.717) is 12.6 Å². The molecule has 1 amide bonds. The Labute approximate surface area is 85.4 Å². The van der Waals surface area contributed by atoms with Crippen LogP contribution in [0.2, 0.25) is 0 Å². The molecule has 1 aliphatic heterocycles. The first-order valence-electron chi connectivity index (χ1n) is 5.24. The third kappa shape index (κ3) is 3.64. The molecule has 4 heteroatoms. The van der Waals surface area contributed by atoms with Crippen LogP contribution in [0.15, 0.2) is 0 Å². The van der Waals surface area contributed by atoms with Gasteiger partial charge in [0.2, 0.25) is 5.91 Å². The van der Waals surface area contributed by atoms with Crippen molar-refractivity contribution < 1.29 is 9.53 Å². The van der Waals surface area contributed by atoms with Crippen molar-refractivity contribution in [3.05, 3.63) is 0 Å². The van der Waals surface area contributed by atoms with Gasteiger partial charge in [-0.2, -0.15) is 0 Å². The molecular formula is C10H20N2O2. The topological polar surface area (TPSA) is 50.4 Å². The number of piperidine rings is 1. The summed E-state index contributed by atoms with van der Waals surface area (Å²) in [6.45, 7) is 4.39. The fourth-order valence-corrected chi connectivity index (χ4v) is 1.64. The molecule has 4 nitrogen and oxygen atoms in total. The van der Waals surface area contributed by atoms with Gasteiger partial charge in [-0.1, -0.05) is 6.92 Å². The first kappa shape index (κ1) is 11.5. The first-order chi connectivity index (χ1) is 6.74. The average Bonchev–Trinajstić information content (AvgIpc) is 2.19. The van der Waals surface area contributed by atoms with E-state index in [4.69, 9.17) is 4.74 Å². The highest BCUT2D eigenvalue weighted by Gasteiger charge is 2.18. The summed E-state index contributed by atoms with van der Waals surface area (Å²) in [7, 11) is 1.62. The van der Waals surface area contributed by atoms with Crippen LogP contribution >= 0.6 is 0 Å². The van der Waals surface area contributed by atoms with E-state index in [-0.39, 0.29) is 11.8 Å². The molecule has 1 aliphatic rings. The van der Waals surface area contributed by atoms with E-state index in [2.05, 4.69) is 10.6 Å². The second-order valence-electron chi connectivity index (χ2n) is 3.89. The average molecular weight is 200 g/mol. The minimum atomic E-state index is -0.0464. The minimum absolute atomic E-state index is 0.0464. The van der Waals surface area contributed by atoms with E-state index < -0.39 is 0 Å². The smallest absolute Gasteiger partial charge is 0.225 e. The Bertz CT molecular complexity index is 179. The van der Waals surface area contributed by atoms with Crippen LogP contribution in [-0.2, 0) is 9.53 Å². The van der Waals surface area contributed by atoms with E-state index in [9.17, 15) is 4.79 Å². The van der Waals surface area contributed by atoms with Crippen molar-refractivity contribution in [2.75, 3.05) is 26.8 Å². The molecule has 0 aromatic carbocycles. The Morgan fingerprint density at radius 2 is 2.21 bits per heavy atom. The first-order valence-corrected chi connectivity index (χ1v) is 5.24. The summed E-state index contributed by atoms with van der Waals surface area (Å²) in [6, 6.07) is 0.350. The van der Waals surface area contributed by atoms with E-state index in [0.717, 1.165) is 25.9 Å². The van der Waals surface area contributed by atoms with E-state index >= 15 is 0 Å². The van der Waals surface area contributed by atoms with Crippen LogP contribution in [0.4, 0.5) is 0 Å². The summed E-state index contributed by atoms with van der Waals surface area (Å²) in [4.78, 5) is 11.6. The molecule has 0 radical (unpaired) electrons. The Hall–Kier alpha value is -0.610. The van der Waals surface area contributed by atoms with Crippen LogP contribution in [0, 0.1) is 5.92 Å². The predicted octanol–water partition coefficient (Wildman–Crippen LogP) is 0.137. The lowest BCUT2D eigenvalue weighted by atomic mass is 10.1. The van der Waals surface area contributed by atoms with Gasteiger partial charge in [-0.15, -0.1) is 0 Å². The molecule has 1 fully saturated rings. The van der Waals surface area contributed by atoms with E-state index in [1.165, 1.54) is 0 Å². The number of hydrogen-bond acceptors (Lipinski definition) is 3. The van der Waals surface area contributed by atoms with Gasteiger partial charge < -0.3 is 15.4 Å². The van der Waals surface area contributed by atoms with Crippen molar-refractivity contribution in [3.8, 4) is 0 Å². The van der Waals surface area contributed by atoms with Crippen LogP contribution < -0.4 is 10.6 Å². The largest absolute Gasteiger partial charge is 0.384 e. The summed E-state index contributed by atoms with van der Waals surface area (Å²) in [5.41, 5.74) is 0. The number of hydrogen-bond donors (Lipinski definition) is 2. The van der Waals surface area contributed by atoms with Crippen molar-refractivity contribution >= 4 is 5.91 Å². The number of amides is 1. The lowest BCUT2D eigenvalue weighted by Crippen LogP contribution is -2.45. The predicted molar refractivity (Wildman–Crippen MR) is 55.1 cm³/mol. The van der Waals surface area contributed by atoms with Gasteiger partial charge in [0.05, 0.1) is 12.5 Å². The van der Waals surface area contributed by atoms with Gasteiger partial charge in [-0.05, 0) is 25.9 Å². The summed E-state index contributed by atoms with van der Waals surface area (Å²) >= 11 is 0. The minimum Gasteiger partial charge on any atom is -0.384 e. The van der Waals surface area contributed by atoms with Crippen molar-refractivity contribution in [1.82, 2.24) is 10.6 Å². The number of carbonyl (C=O) groups is 1. The molecule has 82 valence electrons. The molecule has 1 atom stereocenters. The fraction of sp³-hybridized carbons (Fsp3) is 0.900. The Morgan fingerprint density at radius 1 is 1.57 bits per heavy atom. The third-order valence-electron chi connectivity index (χ3n) is 2.55. The highest BCUT2D eigenvalue weighted by atomic mass is 16.5. The molecule has 0 aliphatic carbocycles. The van der Waals surface area contributed by atoms with Gasteiger partial charge in [0, 0.05) is 13.2 Å². The van der Waals surface area contributed by atoms with Crippen LogP contribution in [0.3, 0.4) is 0 Å². The van der Waals surface area contributed by atoms with Gasteiger partial charge >= 0.3 is 0 Å². The second kappa shape index (κ2) is 5.98. The zero-order valence-corrected chi connectivity index (χ0v) is 9.01. The zero-order valence-electron chi connectivity index (χ0n) is 9.01. The number of methoxy groups -OCH3 is 1. The van der Waals surface area contributed by atoms with Crippen molar-refractivity contribution in [1.29, 1.82) is 0 Å². The maximum Gasteiger partial charge on any atom is 0.225 e. The monoisotopic (exact) mass is 200 g/mol. The second-order valence-corrected chi connectivity index (χ2v) is 3.89. The number of carbonyl (C=O) groups excluding carboxylic acids is 1. The van der Waals surface area contributed by atoms with E-state index in [1.54, 1.807) is 7.11 Å². The standard InChI is InChI=1S/C10H20N2O2/c1-8(7-14-2)10(13)12-9-3-5-11-6-4-9/h8-9,11H,3-7H2,1-2H3,(H,12,13). The van der Waals surface area contributed by atoms with Gasteiger partial charge in [-0.25, -0.2) is 0 Å². The van der Waals surface area contributed by atoms with Crippen molar-refractivity contribution in [2.24, 2.45) is 5.92 Å². The number of rotatable bonds is 4. The Morgan fingerprint density at radius 3 is 2.79 bits per heavy atom. The summed E-state index contributed by atoms with van der Waals surface area (Å²) in [5.74, 6) is 0.0636. The maximum atomic E-state index is 11.6. The van der Waals surface area contributed by atoms with Gasteiger partial charge in [-0.3, -0.25) is 4.79 Å². The normalized spacial score (nSPS) is 20.4. The lowest BCUT2D eigenvalue weighted by molar-refractivity contribution is -0.126. The molecule has 0 aromatic rings. The molecular weight excluding hydrogens is 180 g/mol. The SMILES string of the molecule is COCC(C)C(=O)NC1CCNCC1.